The van der Waals surface area contributed by atoms with Crippen LogP contribution in [0.1, 0.15) is 69.6 Å². The summed E-state index contributed by atoms with van der Waals surface area (Å²) in [7, 11) is 1.71. The number of hydrogen-bond acceptors (Lipinski definition) is 20. The quantitative estimate of drug-likeness (QED) is 0.0182. The summed E-state index contributed by atoms with van der Waals surface area (Å²) >= 11 is 0. The number of nitrogens with two attached hydrogens (primary N) is 3. The number of aliphatic hydroxyl groups is 3. The molecule has 0 unspecified atom stereocenters. The first-order chi connectivity index (χ1) is 46.7. The van der Waals surface area contributed by atoms with E-state index in [9.17, 15) is 83.1 Å². The Bertz CT molecular complexity index is 3500. The molecule has 12 amide bonds. The van der Waals surface area contributed by atoms with E-state index in [1.54, 1.807) is 44.3 Å². The molecule has 2 aliphatic rings. The third-order valence-corrected chi connectivity index (χ3v) is 18.3. The smallest absolute Gasteiger partial charge is 0.251 e. The van der Waals surface area contributed by atoms with Gasteiger partial charge in [0.2, 0.25) is 65.0 Å². The van der Waals surface area contributed by atoms with Crippen LogP contribution in [0.5, 0.6) is 11.5 Å². The highest BCUT2D eigenvalue weighted by molar-refractivity contribution is 8.76. The Labute approximate surface area is 571 Å². The predicted molar refractivity (Wildman–Crippen MR) is 360 cm³/mol. The van der Waals surface area contributed by atoms with Crippen LogP contribution < -0.4 is 70.4 Å². The highest BCUT2D eigenvalue weighted by atomic mass is 33.1. The second-order valence-corrected chi connectivity index (χ2v) is 26.3. The van der Waals surface area contributed by atoms with E-state index >= 15 is 0 Å². The van der Waals surface area contributed by atoms with Crippen molar-refractivity contribution in [2.24, 2.45) is 28.1 Å². The van der Waals surface area contributed by atoms with Crippen LogP contribution in [-0.4, -0.2) is 223 Å². The third kappa shape index (κ3) is 23.3. The number of benzene rings is 3. The van der Waals surface area contributed by atoms with Gasteiger partial charge in [0, 0.05) is 73.9 Å². The van der Waals surface area contributed by atoms with Crippen LogP contribution in [0, 0.1) is 5.92 Å². The van der Waals surface area contributed by atoms with Crippen LogP contribution in [0.25, 0.3) is 10.9 Å². The van der Waals surface area contributed by atoms with E-state index in [1.807, 2.05) is 0 Å². The van der Waals surface area contributed by atoms with E-state index in [0.29, 0.717) is 34.0 Å². The molecule has 2 saturated heterocycles. The van der Waals surface area contributed by atoms with Gasteiger partial charge in [-0.25, -0.2) is 0 Å². The maximum absolute atomic E-state index is 14.9. The maximum atomic E-state index is 14.9. The molecule has 4 aromatic rings. The molecule has 1 aromatic heterocycles. The van der Waals surface area contributed by atoms with Crippen molar-refractivity contribution in [3.8, 4) is 11.5 Å². The van der Waals surface area contributed by atoms with E-state index in [2.05, 4.69) is 63.1 Å². The van der Waals surface area contributed by atoms with Crippen LogP contribution in [0.3, 0.4) is 0 Å². The first-order valence-electron chi connectivity index (χ1n) is 31.6. The number of phenols is 2. The number of rotatable bonds is 19. The summed E-state index contributed by atoms with van der Waals surface area (Å²) in [6.45, 7) is 2.01. The van der Waals surface area contributed by atoms with Crippen molar-refractivity contribution in [1.82, 2.24) is 63.1 Å². The fourth-order valence-corrected chi connectivity index (χ4v) is 12.9. The second-order valence-electron chi connectivity index (χ2n) is 23.8. The molecular formula is C63H86N16O17S2. The minimum absolute atomic E-state index is 0.00742. The van der Waals surface area contributed by atoms with Gasteiger partial charge >= 0.3 is 0 Å². The predicted octanol–water partition coefficient (Wildman–Crippen LogP) is -4.58. The Morgan fingerprint density at radius 1 is 0.673 bits per heavy atom. The maximum Gasteiger partial charge on any atom is 0.251 e. The van der Waals surface area contributed by atoms with E-state index in [-0.39, 0.29) is 74.8 Å². The zero-order valence-corrected chi connectivity index (χ0v) is 55.8. The number of primary amides is 1. The largest absolute Gasteiger partial charge is 0.508 e. The van der Waals surface area contributed by atoms with Gasteiger partial charge in [0.1, 0.15) is 78.0 Å². The number of guanidine groups is 1. The number of fused-ring (bicyclic) bond motifs is 1. The number of aliphatic hydroxyl groups excluding tert-OH is 3. The van der Waals surface area contributed by atoms with Gasteiger partial charge in [0.15, 0.2) is 5.96 Å². The SMILES string of the molecule is CC(C)[C@@H]1NC(=O)[C@@H](NC(=O)[C@H](Cc2ccc(O)cc2)NC(=O)[C@@H]2CCCN2C(=O)[C@H](C)O)CSSC[C@@H](C(N)=O)NC(=O)[C@H](CO)NC(=O)[C@H](Cc2c[nH]c3ccccc23)NC(=O)[C@H](CO)NC(=O)CCNC(=O)[C@H](CCCN=C(N)N)NC(=O)[C@H](Cc2ccc(O)cc2)NC1=O. The highest BCUT2D eigenvalue weighted by Gasteiger charge is 2.40. The minimum atomic E-state index is -1.80. The van der Waals surface area contributed by atoms with Crippen LogP contribution in [0.15, 0.2) is 84.0 Å². The zero-order valence-electron chi connectivity index (χ0n) is 54.1. The lowest BCUT2D eigenvalue weighted by Crippen LogP contribution is -2.61. The number of H-pyrrole nitrogens is 1. The molecule has 532 valence electrons. The fraction of sp³-hybridized carbons (Fsp3) is 0.476. The lowest BCUT2D eigenvalue weighted by molar-refractivity contribution is -0.145. The van der Waals surface area contributed by atoms with Gasteiger partial charge in [-0.1, -0.05) is 77.9 Å². The number of phenolic OH excluding ortho intramolecular Hbond substituents is 2. The first-order valence-corrected chi connectivity index (χ1v) is 34.1. The molecule has 0 radical (unpaired) electrons. The Morgan fingerprint density at radius 2 is 1.26 bits per heavy atom. The minimum Gasteiger partial charge on any atom is -0.508 e. The number of aromatic hydroxyl groups is 2. The molecule has 0 aliphatic carbocycles. The van der Waals surface area contributed by atoms with Gasteiger partial charge < -0.3 is 106 Å². The number of nitrogens with one attached hydrogen (secondary N) is 11. The number of hydrogen-bond donors (Lipinski definition) is 19. The molecule has 35 heteroatoms. The standard InChI is InChI=1S/C63H86N16O17S2/c1-32(2)51-61(95)74-43(25-35-14-18-38(84)19-15-35)54(88)71-41(10-6-21-68-63(65)66)53(87)67-22-20-50(85)70-45(28-80)57(91)72-44(26-36-27-69-40-9-5-4-8-39(36)40)56(90)75-46(29-81)58(92)76-47(52(64)86)30-97-98-31-48(59(93)78-51)77-55(89)42(24-34-12-16-37(83)17-13-34)73-60(94)49-11-7-23-79(49)62(96)33(3)82/h4-5,8-9,12-19,27,32-33,41-49,51,69,80-84H,6-7,10-11,20-26,28-31H2,1-3H3,(H2,64,86)(H,67,87)(H,70,85)(H,71,88)(H,72,91)(H,73,94)(H,74,95)(H,75,90)(H,76,92)(H,77,89)(H,78,93)(H4,65,66,68)/t33-,41-,42-,43-,44-,45-,46-,47-,48-,49-,51-/m0/s1. The van der Waals surface area contributed by atoms with E-state index < -0.39 is 175 Å². The number of nitrogens with zero attached hydrogens (tertiary/aromatic N) is 2. The van der Waals surface area contributed by atoms with E-state index in [0.717, 1.165) is 21.6 Å². The average Bonchev–Trinajstić information content (AvgIpc) is 1.57. The summed E-state index contributed by atoms with van der Waals surface area (Å²) in [6.07, 6.45) is -0.647. The summed E-state index contributed by atoms with van der Waals surface area (Å²) in [5.74, 6) is -13.4. The number of para-hydroxylation sites is 1. The fourth-order valence-electron chi connectivity index (χ4n) is 10.6. The molecule has 11 atom stereocenters. The van der Waals surface area contributed by atoms with Gasteiger partial charge in [-0.15, -0.1) is 0 Å². The molecule has 0 saturated carbocycles. The van der Waals surface area contributed by atoms with Gasteiger partial charge in [-0.2, -0.15) is 0 Å². The molecule has 0 spiro atoms. The van der Waals surface area contributed by atoms with Crippen molar-refractivity contribution >= 4 is 109 Å². The Kier molecular flexibility index (Phi) is 29.7. The number of amides is 12. The zero-order chi connectivity index (χ0) is 71.8. The van der Waals surface area contributed by atoms with Crippen molar-refractivity contribution in [3.63, 3.8) is 0 Å². The molecule has 6 rings (SSSR count). The summed E-state index contributed by atoms with van der Waals surface area (Å²) < 4.78 is 0. The van der Waals surface area contributed by atoms with Gasteiger partial charge in [-0.05, 0) is 85.5 Å². The van der Waals surface area contributed by atoms with Crippen molar-refractivity contribution in [1.29, 1.82) is 0 Å². The lowest BCUT2D eigenvalue weighted by atomic mass is 10.00. The van der Waals surface area contributed by atoms with Crippen molar-refractivity contribution in [3.05, 3.63) is 95.7 Å². The second kappa shape index (κ2) is 37.7. The Hall–Kier alpha value is -9.71. The van der Waals surface area contributed by atoms with Crippen molar-refractivity contribution < 1.29 is 83.1 Å². The topological polar surface area (TPSA) is 536 Å². The van der Waals surface area contributed by atoms with Crippen LogP contribution in [-0.2, 0) is 76.8 Å². The van der Waals surface area contributed by atoms with E-state index in [4.69, 9.17) is 17.2 Å². The molecular weight excluding hydrogens is 1320 g/mol. The number of aliphatic imine (C=N–C) groups is 1. The lowest BCUT2D eigenvalue weighted by Gasteiger charge is -2.29. The van der Waals surface area contributed by atoms with Gasteiger partial charge in [0.25, 0.3) is 5.91 Å². The third-order valence-electron chi connectivity index (χ3n) is 15.9. The number of aromatic amines is 1. The number of aromatic nitrogens is 1. The molecule has 0 bridgehead atoms. The first kappa shape index (κ1) is 77.3. The molecule has 98 heavy (non-hydrogen) atoms. The highest BCUT2D eigenvalue weighted by Crippen LogP contribution is 2.25. The van der Waals surface area contributed by atoms with Crippen molar-refractivity contribution in [2.45, 2.75) is 139 Å². The van der Waals surface area contributed by atoms with Gasteiger partial charge in [-0.3, -0.25) is 62.5 Å². The normalized spacial score (nSPS) is 23.2. The van der Waals surface area contributed by atoms with Crippen LogP contribution in [0.4, 0.5) is 0 Å². The molecule has 22 N–H and O–H groups in total. The number of carbonyl (C=O) groups excluding carboxylic acids is 12. The summed E-state index contributed by atoms with van der Waals surface area (Å²) in [5.41, 5.74) is 18.8. The summed E-state index contributed by atoms with van der Waals surface area (Å²) in [4.78, 5) is 177. The van der Waals surface area contributed by atoms with Gasteiger partial charge in [0.05, 0.1) is 13.2 Å². The average molecular weight is 1400 g/mol. The monoisotopic (exact) mass is 1400 g/mol. The van der Waals surface area contributed by atoms with Crippen LogP contribution in [0.2, 0.25) is 0 Å². The molecule has 3 heterocycles. The Balaban J connectivity index is 1.37. The van der Waals surface area contributed by atoms with Crippen molar-refractivity contribution in [2.75, 3.05) is 44.4 Å². The Morgan fingerprint density at radius 3 is 1.89 bits per heavy atom. The number of likely N-dealkylation sites (tertiary alicyclic amines) is 1. The summed E-state index contributed by atoms with van der Waals surface area (Å²) in [5, 5.41) is 77.5. The number of carbonyl (C=O) groups is 12. The summed E-state index contributed by atoms with van der Waals surface area (Å²) in [6, 6.07) is 2.84. The van der Waals surface area contributed by atoms with Crippen LogP contribution >= 0.6 is 21.6 Å². The molecule has 3 aromatic carbocycles. The van der Waals surface area contributed by atoms with E-state index in [1.165, 1.54) is 60.4 Å². The molecule has 2 aliphatic heterocycles. The molecule has 2 fully saturated rings. The molecule has 33 nitrogen and oxygen atoms in total.